The molecular formula is C23H26N8O. The summed E-state index contributed by atoms with van der Waals surface area (Å²) in [6, 6.07) is 10.2. The van der Waals surface area contributed by atoms with Crippen LogP contribution in [-0.2, 0) is 17.8 Å². The molecule has 0 bridgehead atoms. The highest BCUT2D eigenvalue weighted by atomic mass is 16.5. The Morgan fingerprint density at radius 1 is 1.16 bits per heavy atom. The summed E-state index contributed by atoms with van der Waals surface area (Å²) in [5.41, 5.74) is 7.32. The number of hydrogen-bond acceptors (Lipinski definition) is 9. The van der Waals surface area contributed by atoms with Gasteiger partial charge in [-0.15, -0.1) is 0 Å². The van der Waals surface area contributed by atoms with Gasteiger partial charge in [0.05, 0.1) is 44.3 Å². The van der Waals surface area contributed by atoms with E-state index in [0.717, 1.165) is 29.2 Å². The van der Waals surface area contributed by atoms with Crippen LogP contribution in [-0.4, -0.2) is 52.0 Å². The topological polar surface area (TPSA) is 91.7 Å². The van der Waals surface area contributed by atoms with Crippen LogP contribution < -0.4 is 15.2 Å². The molecule has 0 radical (unpaired) electrons. The maximum absolute atomic E-state index is 5.64. The van der Waals surface area contributed by atoms with Crippen molar-refractivity contribution < 1.29 is 4.74 Å². The first-order valence-electron chi connectivity index (χ1n) is 10.8. The zero-order valence-corrected chi connectivity index (χ0v) is 18.3. The number of hydrazone groups is 1. The van der Waals surface area contributed by atoms with Crippen LogP contribution in [0.1, 0.15) is 29.3 Å². The summed E-state index contributed by atoms with van der Waals surface area (Å²) in [6.45, 7) is 7.67. The monoisotopic (exact) mass is 430 g/mol. The second-order valence-corrected chi connectivity index (χ2v) is 8.10. The van der Waals surface area contributed by atoms with Gasteiger partial charge in [-0.1, -0.05) is 29.8 Å². The van der Waals surface area contributed by atoms with Crippen molar-refractivity contribution >= 4 is 23.9 Å². The van der Waals surface area contributed by atoms with Crippen molar-refractivity contribution in [2.24, 2.45) is 5.10 Å². The molecule has 1 fully saturated rings. The molecule has 1 atom stereocenters. The molecule has 32 heavy (non-hydrogen) atoms. The Labute approximate surface area is 187 Å². The summed E-state index contributed by atoms with van der Waals surface area (Å²) in [5, 5.41) is 4.38. The highest BCUT2D eigenvalue weighted by Gasteiger charge is 2.31. The van der Waals surface area contributed by atoms with Crippen molar-refractivity contribution in [3.8, 4) is 0 Å². The third-order valence-electron chi connectivity index (χ3n) is 5.66. The van der Waals surface area contributed by atoms with Crippen molar-refractivity contribution in [1.29, 1.82) is 0 Å². The second kappa shape index (κ2) is 8.88. The average molecular weight is 431 g/mol. The molecule has 9 heteroatoms. The first-order valence-corrected chi connectivity index (χ1v) is 10.8. The van der Waals surface area contributed by atoms with E-state index in [2.05, 4.69) is 56.3 Å². The minimum Gasteiger partial charge on any atom is -0.377 e. The zero-order valence-electron chi connectivity index (χ0n) is 18.3. The third kappa shape index (κ3) is 4.24. The van der Waals surface area contributed by atoms with E-state index in [4.69, 9.17) is 14.7 Å². The molecule has 1 saturated heterocycles. The predicted octanol–water partition coefficient (Wildman–Crippen LogP) is 2.77. The number of morpholine rings is 1. The first kappa shape index (κ1) is 20.3. The van der Waals surface area contributed by atoms with Gasteiger partial charge in [-0.05, 0) is 25.5 Å². The number of hydrogen-bond donors (Lipinski definition) is 1. The van der Waals surface area contributed by atoms with Crippen LogP contribution >= 0.6 is 0 Å². The van der Waals surface area contributed by atoms with Crippen LogP contribution in [0.5, 0.6) is 0 Å². The van der Waals surface area contributed by atoms with Crippen LogP contribution in [0, 0.1) is 6.92 Å². The molecule has 0 aliphatic carbocycles. The van der Waals surface area contributed by atoms with Crippen LogP contribution in [0.25, 0.3) is 0 Å². The predicted molar refractivity (Wildman–Crippen MR) is 124 cm³/mol. The van der Waals surface area contributed by atoms with E-state index in [-0.39, 0.29) is 6.04 Å². The van der Waals surface area contributed by atoms with Gasteiger partial charge in [0, 0.05) is 24.5 Å². The highest BCUT2D eigenvalue weighted by molar-refractivity contribution is 5.80. The number of aromatic nitrogens is 4. The molecule has 1 N–H and O–H groups in total. The third-order valence-corrected chi connectivity index (χ3v) is 5.66. The molecule has 0 spiro atoms. The molecule has 0 amide bonds. The lowest BCUT2D eigenvalue weighted by Gasteiger charge is -2.35. The van der Waals surface area contributed by atoms with Crippen LogP contribution in [0.3, 0.4) is 0 Å². The molecule has 1 aromatic carbocycles. The van der Waals surface area contributed by atoms with Gasteiger partial charge in [-0.2, -0.15) is 10.1 Å². The standard InChI is InChI=1S/C23H26N8O/c1-16-5-3-6-18(11-16)12-26-29-22-27-20-14-30(23-24-7-4-8-25-23)13-19(20)21(28-22)31-9-10-32-15-17(31)2/h3-8,11-12,17H,9-10,13-15H2,1-2H3,(H,27,28,29)/b26-12+/t17-/m1/s1. The number of nitrogens with zero attached hydrogens (tertiary/aromatic N) is 7. The fourth-order valence-electron chi connectivity index (χ4n) is 4.08. The Kier molecular flexibility index (Phi) is 5.64. The summed E-state index contributed by atoms with van der Waals surface area (Å²) >= 11 is 0. The lowest BCUT2D eigenvalue weighted by atomic mass is 10.2. The fraction of sp³-hybridized carbons (Fsp3) is 0.348. The van der Waals surface area contributed by atoms with Gasteiger partial charge in [0.15, 0.2) is 0 Å². The molecule has 9 nitrogen and oxygen atoms in total. The van der Waals surface area contributed by atoms with E-state index in [1.807, 2.05) is 18.2 Å². The number of rotatable bonds is 5. The zero-order chi connectivity index (χ0) is 21.9. The SMILES string of the molecule is Cc1cccc(/C=N/Nc2nc3c(c(N4CCOC[C@H]4C)n2)CN(c2ncccn2)C3)c1. The quantitative estimate of drug-likeness (QED) is 0.488. The number of benzene rings is 1. The molecule has 3 aromatic rings. The van der Waals surface area contributed by atoms with Crippen molar-refractivity contribution in [1.82, 2.24) is 19.9 Å². The molecule has 2 aliphatic rings. The summed E-state index contributed by atoms with van der Waals surface area (Å²) in [5.74, 6) is 2.10. The van der Waals surface area contributed by atoms with E-state index in [1.54, 1.807) is 18.6 Å². The molecule has 5 rings (SSSR count). The van der Waals surface area contributed by atoms with Gasteiger partial charge in [-0.25, -0.2) is 20.4 Å². The van der Waals surface area contributed by atoms with E-state index in [9.17, 15) is 0 Å². The van der Waals surface area contributed by atoms with Gasteiger partial charge in [-0.3, -0.25) is 0 Å². The Morgan fingerprint density at radius 2 is 2.03 bits per heavy atom. The smallest absolute Gasteiger partial charge is 0.245 e. The van der Waals surface area contributed by atoms with Crippen molar-refractivity contribution in [2.75, 3.05) is 35.0 Å². The lowest BCUT2D eigenvalue weighted by molar-refractivity contribution is 0.0984. The molecule has 2 aliphatic heterocycles. The normalized spacial score (nSPS) is 18.2. The van der Waals surface area contributed by atoms with Gasteiger partial charge in [0.1, 0.15) is 5.82 Å². The Bertz CT molecular complexity index is 1120. The molecule has 2 aromatic heterocycles. The fourth-order valence-corrected chi connectivity index (χ4v) is 4.08. The van der Waals surface area contributed by atoms with Crippen LogP contribution in [0.15, 0.2) is 47.8 Å². The maximum Gasteiger partial charge on any atom is 0.245 e. The number of anilines is 3. The summed E-state index contributed by atoms with van der Waals surface area (Å²) in [6.07, 6.45) is 5.30. The van der Waals surface area contributed by atoms with Crippen molar-refractivity contribution in [3.05, 3.63) is 65.1 Å². The van der Waals surface area contributed by atoms with E-state index < -0.39 is 0 Å². The van der Waals surface area contributed by atoms with Gasteiger partial charge < -0.3 is 14.5 Å². The van der Waals surface area contributed by atoms with E-state index in [1.165, 1.54) is 5.56 Å². The molecular weight excluding hydrogens is 404 g/mol. The number of aryl methyl sites for hydroxylation is 1. The van der Waals surface area contributed by atoms with Gasteiger partial charge in [0.2, 0.25) is 11.9 Å². The van der Waals surface area contributed by atoms with E-state index >= 15 is 0 Å². The highest BCUT2D eigenvalue weighted by Crippen LogP contribution is 2.33. The summed E-state index contributed by atoms with van der Waals surface area (Å²) < 4.78 is 5.64. The summed E-state index contributed by atoms with van der Waals surface area (Å²) in [4.78, 5) is 22.9. The number of nitrogens with one attached hydrogen (secondary N) is 1. The molecule has 4 heterocycles. The van der Waals surface area contributed by atoms with Crippen LogP contribution in [0.2, 0.25) is 0 Å². The second-order valence-electron chi connectivity index (χ2n) is 8.10. The lowest BCUT2D eigenvalue weighted by Crippen LogP contribution is -2.44. The largest absolute Gasteiger partial charge is 0.377 e. The van der Waals surface area contributed by atoms with E-state index in [0.29, 0.717) is 38.2 Å². The maximum atomic E-state index is 5.64. The number of ether oxygens (including phenoxy) is 1. The van der Waals surface area contributed by atoms with Crippen LogP contribution in [0.4, 0.5) is 17.7 Å². The number of fused-ring (bicyclic) bond motifs is 1. The Hall–Kier alpha value is -3.59. The first-order chi connectivity index (χ1) is 15.7. The van der Waals surface area contributed by atoms with Crippen molar-refractivity contribution in [3.63, 3.8) is 0 Å². The van der Waals surface area contributed by atoms with Gasteiger partial charge >= 0.3 is 0 Å². The molecule has 0 unspecified atom stereocenters. The summed E-state index contributed by atoms with van der Waals surface area (Å²) in [7, 11) is 0. The average Bonchev–Trinajstić information content (AvgIpc) is 3.24. The minimum atomic E-state index is 0.230. The Balaban J connectivity index is 1.45. The van der Waals surface area contributed by atoms with Gasteiger partial charge in [0.25, 0.3) is 0 Å². The molecule has 164 valence electrons. The van der Waals surface area contributed by atoms with Crippen molar-refractivity contribution in [2.45, 2.75) is 33.0 Å². The minimum absolute atomic E-state index is 0.230. The Morgan fingerprint density at radius 3 is 2.84 bits per heavy atom. The molecule has 0 saturated carbocycles.